The second-order valence-electron chi connectivity index (χ2n) is 8.76. The van der Waals surface area contributed by atoms with Crippen LogP contribution in [0.15, 0.2) is 66.3 Å². The number of amides is 1. The molecular weight excluding hydrogens is 603 g/mol. The fourth-order valence-corrected chi connectivity index (χ4v) is 6.41. The minimum absolute atomic E-state index is 0.0751. The number of anilines is 1. The monoisotopic (exact) mass is 630 g/mol. The Morgan fingerprint density at radius 3 is 2.66 bits per heavy atom. The lowest BCUT2D eigenvalue weighted by molar-refractivity contribution is -0.113. The number of aromatic nitrogens is 3. The van der Waals surface area contributed by atoms with Crippen LogP contribution in [0.2, 0.25) is 10.0 Å². The summed E-state index contributed by atoms with van der Waals surface area (Å²) in [5.41, 5.74) is 1.98. The van der Waals surface area contributed by atoms with Gasteiger partial charge in [0.05, 0.1) is 24.5 Å². The minimum Gasteiger partial charge on any atom is -0.492 e. The second-order valence-corrected chi connectivity index (χ2v) is 11.8. The molecule has 0 unspecified atom stereocenters. The number of esters is 1. The van der Waals surface area contributed by atoms with E-state index in [-0.39, 0.29) is 11.7 Å². The quantitative estimate of drug-likeness (QED) is 0.0714. The van der Waals surface area contributed by atoms with Crippen molar-refractivity contribution in [3.8, 4) is 16.9 Å². The summed E-state index contributed by atoms with van der Waals surface area (Å²) in [4.78, 5) is 26.6. The summed E-state index contributed by atoms with van der Waals surface area (Å²) < 4.78 is 12.7. The number of thioether (sulfide) groups is 1. The number of hydrogen-bond donors (Lipinski definition) is 1. The standard InChI is InChI=1S/C29H28Cl2N4O4S2/c1-4-14-35-23(11-8-15-39-22-13-12-20(30)16-21(22)31)33-34-29(35)40-17-24(36)32-27-26(28(37)38-3)25(18(2)41-27)19-9-6-5-7-10-19/h4-7,9-10,12-13,16H,1,8,11,14-15,17H2,2-3H3,(H,32,36). The Labute approximate surface area is 256 Å². The third-order valence-electron chi connectivity index (χ3n) is 5.92. The first kappa shape index (κ1) is 30.6. The number of hydrogen-bond acceptors (Lipinski definition) is 8. The molecule has 4 rings (SSSR count). The number of benzene rings is 2. The fourth-order valence-electron chi connectivity index (χ4n) is 4.10. The van der Waals surface area contributed by atoms with E-state index >= 15 is 0 Å². The smallest absolute Gasteiger partial charge is 0.341 e. The van der Waals surface area contributed by atoms with Gasteiger partial charge in [-0.15, -0.1) is 28.1 Å². The molecule has 2 heterocycles. The molecule has 2 aromatic carbocycles. The average Bonchev–Trinajstić information content (AvgIpc) is 3.50. The summed E-state index contributed by atoms with van der Waals surface area (Å²) in [6.07, 6.45) is 3.04. The molecule has 0 spiro atoms. The van der Waals surface area contributed by atoms with E-state index in [2.05, 4.69) is 22.1 Å². The highest BCUT2D eigenvalue weighted by atomic mass is 35.5. The predicted molar refractivity (Wildman–Crippen MR) is 166 cm³/mol. The molecule has 0 aliphatic heterocycles. The number of aryl methyl sites for hydroxylation is 2. The van der Waals surface area contributed by atoms with E-state index < -0.39 is 5.97 Å². The zero-order valence-electron chi connectivity index (χ0n) is 22.5. The van der Waals surface area contributed by atoms with Gasteiger partial charge in [-0.05, 0) is 37.1 Å². The normalized spacial score (nSPS) is 10.8. The van der Waals surface area contributed by atoms with Gasteiger partial charge in [0.2, 0.25) is 5.91 Å². The number of nitrogens with zero attached hydrogens (tertiary/aromatic N) is 3. The van der Waals surface area contributed by atoms with Crippen LogP contribution in [0.5, 0.6) is 5.75 Å². The Hall–Kier alpha value is -3.31. The van der Waals surface area contributed by atoms with Crippen LogP contribution in [0.3, 0.4) is 0 Å². The Bertz CT molecular complexity index is 1540. The Morgan fingerprint density at radius 1 is 1.17 bits per heavy atom. The summed E-state index contributed by atoms with van der Waals surface area (Å²) in [5, 5.41) is 13.6. The Balaban J connectivity index is 1.39. The lowest BCUT2D eigenvalue weighted by Gasteiger charge is -2.10. The molecule has 214 valence electrons. The highest BCUT2D eigenvalue weighted by Crippen LogP contribution is 2.40. The van der Waals surface area contributed by atoms with Gasteiger partial charge in [0.1, 0.15) is 22.1 Å². The predicted octanol–water partition coefficient (Wildman–Crippen LogP) is 7.34. The van der Waals surface area contributed by atoms with E-state index in [1.807, 2.05) is 41.8 Å². The summed E-state index contributed by atoms with van der Waals surface area (Å²) >= 11 is 14.7. The molecule has 0 aliphatic rings. The largest absolute Gasteiger partial charge is 0.492 e. The number of carbonyl (C=O) groups is 2. The molecule has 2 aromatic heterocycles. The van der Waals surface area contributed by atoms with E-state index in [9.17, 15) is 9.59 Å². The van der Waals surface area contributed by atoms with Gasteiger partial charge in [-0.1, -0.05) is 71.4 Å². The molecule has 0 atom stereocenters. The van der Waals surface area contributed by atoms with Crippen LogP contribution >= 0.6 is 46.3 Å². The number of rotatable bonds is 13. The van der Waals surface area contributed by atoms with E-state index in [1.54, 1.807) is 24.3 Å². The van der Waals surface area contributed by atoms with Gasteiger partial charge < -0.3 is 19.4 Å². The van der Waals surface area contributed by atoms with Crippen molar-refractivity contribution >= 4 is 63.2 Å². The number of thiophene rings is 1. The van der Waals surface area contributed by atoms with Gasteiger partial charge in [0.15, 0.2) is 5.16 Å². The molecule has 0 radical (unpaired) electrons. The van der Waals surface area contributed by atoms with Crippen LogP contribution < -0.4 is 10.1 Å². The molecule has 1 amide bonds. The van der Waals surface area contributed by atoms with E-state index in [4.69, 9.17) is 32.7 Å². The van der Waals surface area contributed by atoms with Crippen LogP contribution in [-0.2, 0) is 22.5 Å². The van der Waals surface area contributed by atoms with Crippen LogP contribution in [0.4, 0.5) is 5.00 Å². The molecule has 12 heteroatoms. The summed E-state index contributed by atoms with van der Waals surface area (Å²) in [6.45, 7) is 6.67. The van der Waals surface area contributed by atoms with Crippen LogP contribution in [0.25, 0.3) is 11.1 Å². The molecule has 0 fully saturated rings. The first-order valence-corrected chi connectivity index (χ1v) is 15.2. The number of allylic oxidation sites excluding steroid dienone is 1. The Morgan fingerprint density at radius 2 is 1.95 bits per heavy atom. The average molecular weight is 632 g/mol. The minimum atomic E-state index is -0.506. The third kappa shape index (κ3) is 7.71. The van der Waals surface area contributed by atoms with E-state index in [1.165, 1.54) is 30.2 Å². The van der Waals surface area contributed by atoms with E-state index in [0.717, 1.165) is 21.8 Å². The first-order valence-electron chi connectivity index (χ1n) is 12.6. The molecule has 0 aliphatic carbocycles. The van der Waals surface area contributed by atoms with Gasteiger partial charge in [-0.2, -0.15) is 0 Å². The third-order valence-corrected chi connectivity index (χ3v) is 8.44. The maximum Gasteiger partial charge on any atom is 0.341 e. The van der Waals surface area contributed by atoms with Gasteiger partial charge in [-0.25, -0.2) is 4.79 Å². The fraction of sp³-hybridized carbons (Fsp3) is 0.241. The zero-order chi connectivity index (χ0) is 29.4. The molecule has 4 aromatic rings. The van der Waals surface area contributed by atoms with Crippen molar-refractivity contribution in [3.63, 3.8) is 0 Å². The number of carbonyl (C=O) groups excluding carboxylic acids is 2. The van der Waals surface area contributed by atoms with Crippen molar-refractivity contribution in [1.82, 2.24) is 14.8 Å². The first-order chi connectivity index (χ1) is 19.8. The number of methoxy groups -OCH3 is 1. The van der Waals surface area contributed by atoms with Crippen molar-refractivity contribution < 1.29 is 19.1 Å². The van der Waals surface area contributed by atoms with Crippen molar-refractivity contribution in [3.05, 3.63) is 87.5 Å². The van der Waals surface area contributed by atoms with Gasteiger partial charge in [-0.3, -0.25) is 4.79 Å². The van der Waals surface area contributed by atoms with Gasteiger partial charge in [0, 0.05) is 28.4 Å². The number of nitrogens with one attached hydrogen (secondary N) is 1. The lowest BCUT2D eigenvalue weighted by Crippen LogP contribution is -2.16. The van der Waals surface area contributed by atoms with Crippen LogP contribution in [0, 0.1) is 6.92 Å². The molecule has 8 nitrogen and oxygen atoms in total. The van der Waals surface area contributed by atoms with Crippen molar-refractivity contribution in [2.75, 3.05) is 24.8 Å². The second kappa shape index (κ2) is 14.5. The van der Waals surface area contributed by atoms with Crippen molar-refractivity contribution in [1.29, 1.82) is 0 Å². The molecule has 1 N–H and O–H groups in total. The van der Waals surface area contributed by atoms with Crippen molar-refractivity contribution in [2.24, 2.45) is 0 Å². The number of halogens is 2. The summed E-state index contributed by atoms with van der Waals surface area (Å²) in [5.74, 6) is 0.620. The molecule has 0 saturated carbocycles. The molecule has 41 heavy (non-hydrogen) atoms. The number of ether oxygens (including phenoxy) is 2. The maximum absolute atomic E-state index is 13.0. The SMILES string of the molecule is C=CCn1c(CCCOc2ccc(Cl)cc2Cl)nnc1SCC(=O)Nc1sc(C)c(-c2ccccc2)c1C(=O)OC. The molecule has 0 bridgehead atoms. The van der Waals surface area contributed by atoms with Crippen molar-refractivity contribution in [2.45, 2.75) is 31.5 Å². The zero-order valence-corrected chi connectivity index (χ0v) is 25.6. The highest BCUT2D eigenvalue weighted by molar-refractivity contribution is 7.99. The van der Waals surface area contributed by atoms with Gasteiger partial charge >= 0.3 is 5.97 Å². The van der Waals surface area contributed by atoms with Gasteiger partial charge in [0.25, 0.3) is 0 Å². The summed E-state index contributed by atoms with van der Waals surface area (Å²) in [7, 11) is 1.33. The van der Waals surface area contributed by atoms with E-state index in [0.29, 0.717) is 57.5 Å². The molecule has 0 saturated heterocycles. The van der Waals surface area contributed by atoms with Crippen LogP contribution in [-0.4, -0.2) is 46.1 Å². The lowest BCUT2D eigenvalue weighted by atomic mass is 10.0. The highest BCUT2D eigenvalue weighted by Gasteiger charge is 2.25. The topological polar surface area (TPSA) is 95.3 Å². The Kier molecular flexibility index (Phi) is 10.9. The molecular formula is C29H28Cl2N4O4S2. The van der Waals surface area contributed by atoms with Crippen LogP contribution in [0.1, 0.15) is 27.5 Å². The summed E-state index contributed by atoms with van der Waals surface area (Å²) in [6, 6.07) is 14.6. The maximum atomic E-state index is 13.0.